The van der Waals surface area contributed by atoms with Gasteiger partial charge in [-0.1, -0.05) is 25.1 Å². The summed E-state index contributed by atoms with van der Waals surface area (Å²) >= 11 is 2.61. The van der Waals surface area contributed by atoms with Gasteiger partial charge in [0.15, 0.2) is 11.6 Å². The van der Waals surface area contributed by atoms with Gasteiger partial charge in [-0.2, -0.15) is 35.1 Å². The van der Waals surface area contributed by atoms with Gasteiger partial charge in [-0.15, -0.1) is 0 Å². The summed E-state index contributed by atoms with van der Waals surface area (Å²) in [6.07, 6.45) is -14.0. The van der Waals surface area contributed by atoms with Gasteiger partial charge in [0, 0.05) is 27.2 Å². The van der Waals surface area contributed by atoms with Crippen LogP contribution in [0.1, 0.15) is 18.1 Å². The average molecular weight is 514 g/mol. The monoisotopic (exact) mass is 513 g/mol. The van der Waals surface area contributed by atoms with Gasteiger partial charge in [0.2, 0.25) is 0 Å². The van der Waals surface area contributed by atoms with Crippen LogP contribution in [0, 0.1) is 17.7 Å². The summed E-state index contributed by atoms with van der Waals surface area (Å²) in [5, 5.41) is 0. The van der Waals surface area contributed by atoms with Crippen molar-refractivity contribution in [3.8, 4) is 11.1 Å². The lowest BCUT2D eigenvalue weighted by Crippen LogP contribution is -2.60. The largest absolute Gasteiger partial charge is 0.457 e. The number of hydrogen-bond donors (Lipinski definition) is 0. The van der Waals surface area contributed by atoms with E-state index in [-0.39, 0.29) is 18.1 Å². The van der Waals surface area contributed by atoms with Gasteiger partial charge in [-0.3, -0.25) is 0 Å². The molecule has 0 aliphatic carbocycles. The van der Waals surface area contributed by atoms with Gasteiger partial charge in [0.1, 0.15) is 0 Å². The molecule has 1 radical (unpaired) electrons. The molecule has 165 valence electrons. The molecule has 0 amide bonds. The molecule has 0 aliphatic rings. The van der Waals surface area contributed by atoms with Crippen molar-refractivity contribution in [1.29, 1.82) is 0 Å². The van der Waals surface area contributed by atoms with Crippen LogP contribution in [-0.2, 0) is 12.1 Å². The van der Waals surface area contributed by atoms with Crippen LogP contribution in [0.5, 0.6) is 0 Å². The van der Waals surface area contributed by atoms with E-state index < -0.39 is 56.7 Å². The maximum Gasteiger partial charge on any atom is 0.457 e. The number of rotatable bonds is 4. The summed E-state index contributed by atoms with van der Waals surface area (Å²) in [5.41, 5.74) is -11.5. The zero-order valence-electron chi connectivity index (χ0n) is 14.6. The minimum absolute atomic E-state index is 0.0809. The SMILES string of the molecule is CCc1[c]c(Br)c(-c2cccc(F)c2F)c(C(F)(C(F)(F)F)C(F)(F)C(F)(F)F)c1. The molecule has 0 heterocycles. The van der Waals surface area contributed by atoms with Gasteiger partial charge in [-0.05, 0) is 34.0 Å². The number of alkyl halides is 9. The fraction of sp³-hybridized carbons (Fsp3) is 0.333. The average Bonchev–Trinajstić information content (AvgIpc) is 2.61. The Morgan fingerprint density at radius 2 is 1.47 bits per heavy atom. The topological polar surface area (TPSA) is 0 Å². The van der Waals surface area contributed by atoms with Gasteiger partial charge in [-0.25, -0.2) is 13.2 Å². The standard InChI is InChI=1S/C18H9BrF11/c1-2-8-6-10(15(22,17(25,26)27)16(23,24)18(28,29)30)13(11(19)7-8)9-4-3-5-12(20)14(9)21/h3-6H,2H2,1H3. The molecular weight excluding hydrogens is 505 g/mol. The van der Waals surface area contributed by atoms with E-state index in [9.17, 15) is 43.9 Å². The van der Waals surface area contributed by atoms with Crippen LogP contribution in [-0.4, -0.2) is 18.3 Å². The molecule has 2 aromatic carbocycles. The van der Waals surface area contributed by atoms with E-state index >= 15 is 4.39 Å². The molecule has 0 spiro atoms. The lowest BCUT2D eigenvalue weighted by Gasteiger charge is -2.37. The van der Waals surface area contributed by atoms with E-state index in [0.717, 1.165) is 6.07 Å². The third kappa shape index (κ3) is 3.67. The van der Waals surface area contributed by atoms with Crippen molar-refractivity contribution < 1.29 is 48.3 Å². The molecule has 0 saturated heterocycles. The second kappa shape index (κ2) is 7.69. The van der Waals surface area contributed by atoms with E-state index in [1.54, 1.807) is 0 Å². The Hall–Kier alpha value is -1.85. The van der Waals surface area contributed by atoms with Crippen LogP contribution >= 0.6 is 15.9 Å². The first-order valence-corrected chi connectivity index (χ1v) is 8.69. The van der Waals surface area contributed by atoms with Crippen molar-refractivity contribution in [3.05, 3.63) is 57.6 Å². The highest BCUT2D eigenvalue weighted by Gasteiger charge is 2.82. The van der Waals surface area contributed by atoms with Crippen molar-refractivity contribution in [3.63, 3.8) is 0 Å². The van der Waals surface area contributed by atoms with E-state index in [0.29, 0.717) is 12.1 Å². The van der Waals surface area contributed by atoms with Gasteiger partial charge < -0.3 is 0 Å². The molecular formula is C18H9BrF11. The Kier molecular flexibility index (Phi) is 6.26. The third-order valence-corrected chi connectivity index (χ3v) is 4.82. The Bertz CT molecular complexity index is 946. The van der Waals surface area contributed by atoms with E-state index in [1.165, 1.54) is 6.92 Å². The molecule has 1 unspecified atom stereocenters. The van der Waals surface area contributed by atoms with Crippen molar-refractivity contribution in [2.45, 2.75) is 37.3 Å². The Morgan fingerprint density at radius 3 is 1.93 bits per heavy atom. The van der Waals surface area contributed by atoms with E-state index in [1.807, 2.05) is 0 Å². The predicted molar refractivity (Wildman–Crippen MR) is 87.6 cm³/mol. The van der Waals surface area contributed by atoms with Crippen molar-refractivity contribution >= 4 is 15.9 Å². The number of aryl methyl sites for hydroxylation is 1. The van der Waals surface area contributed by atoms with Gasteiger partial charge in [0.25, 0.3) is 0 Å². The van der Waals surface area contributed by atoms with Crippen molar-refractivity contribution in [1.82, 2.24) is 0 Å². The first kappa shape index (κ1) is 24.4. The van der Waals surface area contributed by atoms with E-state index in [2.05, 4.69) is 22.0 Å². The molecule has 1 atom stereocenters. The van der Waals surface area contributed by atoms with Crippen LogP contribution in [0.15, 0.2) is 28.7 Å². The lowest BCUT2D eigenvalue weighted by atomic mass is 9.81. The molecule has 0 aliphatic heterocycles. The maximum absolute atomic E-state index is 15.1. The molecule has 0 fully saturated rings. The number of halogens is 12. The lowest BCUT2D eigenvalue weighted by molar-refractivity contribution is -0.389. The van der Waals surface area contributed by atoms with Gasteiger partial charge >= 0.3 is 23.9 Å². The Morgan fingerprint density at radius 1 is 0.900 bits per heavy atom. The van der Waals surface area contributed by atoms with Crippen LogP contribution in [0.25, 0.3) is 11.1 Å². The van der Waals surface area contributed by atoms with Crippen LogP contribution in [0.3, 0.4) is 0 Å². The minimum atomic E-state index is -6.97. The first-order valence-electron chi connectivity index (χ1n) is 7.90. The predicted octanol–water partition coefficient (Wildman–Crippen LogP) is 7.68. The molecule has 0 aromatic heterocycles. The van der Waals surface area contributed by atoms with Crippen molar-refractivity contribution in [2.24, 2.45) is 0 Å². The second-order valence-corrected chi connectivity index (χ2v) is 6.87. The maximum atomic E-state index is 15.1. The normalized spacial score (nSPS) is 15.2. The summed E-state index contributed by atoms with van der Waals surface area (Å²) in [6.45, 7) is 1.28. The second-order valence-electron chi connectivity index (χ2n) is 6.08. The molecule has 0 nitrogen and oxygen atoms in total. The highest BCUT2D eigenvalue weighted by Crippen LogP contribution is 2.60. The quantitative estimate of drug-likeness (QED) is 0.368. The van der Waals surface area contributed by atoms with Crippen molar-refractivity contribution in [2.75, 3.05) is 0 Å². The van der Waals surface area contributed by atoms with E-state index in [4.69, 9.17) is 0 Å². The third-order valence-electron chi connectivity index (χ3n) is 4.23. The van der Waals surface area contributed by atoms with Crippen LogP contribution in [0.4, 0.5) is 48.3 Å². The smallest absolute Gasteiger partial charge is 0.221 e. The summed E-state index contributed by atoms with van der Waals surface area (Å²) < 4.78 is 149. The molecule has 0 saturated carbocycles. The van der Waals surface area contributed by atoms with Gasteiger partial charge in [0.05, 0.1) is 0 Å². The Balaban J connectivity index is 3.10. The fourth-order valence-electron chi connectivity index (χ4n) is 2.72. The Labute approximate surface area is 170 Å². The zero-order chi connectivity index (χ0) is 23.3. The summed E-state index contributed by atoms with van der Waals surface area (Å²) in [6, 6.07) is 4.25. The summed E-state index contributed by atoms with van der Waals surface area (Å²) in [4.78, 5) is 0. The zero-order valence-corrected chi connectivity index (χ0v) is 16.1. The molecule has 2 aromatic rings. The van der Waals surface area contributed by atoms with Crippen LogP contribution in [0.2, 0.25) is 0 Å². The molecule has 0 N–H and O–H groups in total. The number of benzene rings is 2. The molecule has 12 heteroatoms. The molecule has 0 bridgehead atoms. The first-order chi connectivity index (χ1) is 13.5. The minimum Gasteiger partial charge on any atom is -0.221 e. The molecule has 2 rings (SSSR count). The fourth-order valence-corrected chi connectivity index (χ4v) is 3.40. The number of hydrogen-bond acceptors (Lipinski definition) is 0. The highest BCUT2D eigenvalue weighted by molar-refractivity contribution is 9.10. The summed E-state index contributed by atoms with van der Waals surface area (Å²) in [5.74, 6) is -10.5. The highest BCUT2D eigenvalue weighted by atomic mass is 79.9. The summed E-state index contributed by atoms with van der Waals surface area (Å²) in [7, 11) is 0. The van der Waals surface area contributed by atoms with Crippen LogP contribution < -0.4 is 0 Å². The molecule has 30 heavy (non-hydrogen) atoms.